The van der Waals surface area contributed by atoms with Crippen molar-refractivity contribution in [1.29, 1.82) is 0 Å². The van der Waals surface area contributed by atoms with Gasteiger partial charge in [0.2, 0.25) is 5.95 Å². The van der Waals surface area contributed by atoms with Gasteiger partial charge in [-0.2, -0.15) is 0 Å². The van der Waals surface area contributed by atoms with Gasteiger partial charge in [-0.1, -0.05) is 91.0 Å². The summed E-state index contributed by atoms with van der Waals surface area (Å²) in [7, 11) is 0. The third-order valence-electron chi connectivity index (χ3n) is 11.4. The van der Waals surface area contributed by atoms with E-state index in [-0.39, 0.29) is 0 Å². The van der Waals surface area contributed by atoms with Gasteiger partial charge in [-0.05, 0) is 66.3 Å². The van der Waals surface area contributed by atoms with E-state index >= 15 is 0 Å². The van der Waals surface area contributed by atoms with E-state index in [4.69, 9.17) is 14.4 Å². The van der Waals surface area contributed by atoms with Crippen LogP contribution in [0, 0.1) is 0 Å². The summed E-state index contributed by atoms with van der Waals surface area (Å²) in [5, 5.41) is 9.84. The van der Waals surface area contributed by atoms with Crippen molar-refractivity contribution < 1.29 is 4.42 Å². The Kier molecular flexibility index (Phi) is 5.05. The minimum atomic E-state index is 0.649. The largest absolute Gasteiger partial charge is 0.452 e. The maximum atomic E-state index is 6.65. The van der Waals surface area contributed by atoms with Crippen LogP contribution in [0.2, 0.25) is 0 Å². The maximum Gasteiger partial charge on any atom is 0.236 e. The molecule has 6 aromatic heterocycles. The highest BCUT2D eigenvalue weighted by Gasteiger charge is 2.28. The molecule has 0 radical (unpaired) electrons. The lowest BCUT2D eigenvalue weighted by Gasteiger charge is -2.15. The number of furan rings is 1. The van der Waals surface area contributed by atoms with Crippen molar-refractivity contribution in [2.45, 2.75) is 12.8 Å². The Morgan fingerprint density at radius 1 is 0.577 bits per heavy atom. The van der Waals surface area contributed by atoms with Gasteiger partial charge in [-0.25, -0.2) is 9.97 Å². The van der Waals surface area contributed by atoms with E-state index in [1.54, 1.807) is 0 Å². The molecule has 0 aliphatic heterocycles. The van der Waals surface area contributed by atoms with Crippen LogP contribution >= 0.6 is 11.3 Å². The highest BCUT2D eigenvalue weighted by molar-refractivity contribution is 7.20. The Morgan fingerprint density at radius 2 is 1.29 bits per heavy atom. The van der Waals surface area contributed by atoms with Gasteiger partial charge in [-0.3, -0.25) is 4.57 Å². The second-order valence-electron chi connectivity index (χ2n) is 14.0. The van der Waals surface area contributed by atoms with Gasteiger partial charge in [-0.15, -0.1) is 11.3 Å². The molecular weight excluding hydrogens is 657 g/mol. The first-order chi connectivity index (χ1) is 25.8. The third kappa shape index (κ3) is 3.29. The van der Waals surface area contributed by atoms with Crippen LogP contribution in [0.1, 0.15) is 22.6 Å². The van der Waals surface area contributed by atoms with Crippen molar-refractivity contribution in [3.8, 4) is 5.95 Å². The Labute approximate surface area is 299 Å². The predicted octanol–water partition coefficient (Wildman–Crippen LogP) is 12.2. The summed E-state index contributed by atoms with van der Waals surface area (Å²) in [6.45, 7) is 0. The standard InChI is InChI=1S/C46H26N4OS/c1-5-19-33-25(11-1)27-15-9-17-31-40-35(49(33)43(27)31)23-24-36-39(40)29-13-2-6-20-34(29)50(36)46-47-41-30-14-3-7-21-37(30)51-44(41)42(48-46)32-18-10-16-28-26-12-4-8-22-38(26)52-45(28)32/h1-9,11-15,17-24H,10,16H2. The third-order valence-corrected chi connectivity index (χ3v) is 12.6. The Balaban J connectivity index is 1.17. The van der Waals surface area contributed by atoms with Crippen molar-refractivity contribution in [3.63, 3.8) is 0 Å². The zero-order valence-electron chi connectivity index (χ0n) is 27.7. The second kappa shape index (κ2) is 9.63. The fourth-order valence-corrected chi connectivity index (χ4v) is 10.6. The molecule has 1 aliphatic carbocycles. The summed E-state index contributed by atoms with van der Waals surface area (Å²) in [6.07, 6.45) is 4.33. The number of aryl methyl sites for hydroxylation is 1. The molecule has 0 saturated heterocycles. The molecule has 242 valence electrons. The van der Waals surface area contributed by atoms with Crippen LogP contribution in [0.4, 0.5) is 0 Å². The lowest BCUT2D eigenvalue weighted by atomic mass is 9.94. The Bertz CT molecular complexity index is 3540. The first kappa shape index (κ1) is 27.3. The normalized spacial score (nSPS) is 13.7. The van der Waals surface area contributed by atoms with Crippen molar-refractivity contribution >= 4 is 109 Å². The molecule has 6 heterocycles. The van der Waals surface area contributed by atoms with E-state index in [2.05, 4.69) is 130 Å². The lowest BCUT2D eigenvalue weighted by Crippen LogP contribution is -2.06. The van der Waals surface area contributed by atoms with E-state index in [1.165, 1.54) is 69.4 Å². The number of fused-ring (bicyclic) bond motifs is 16. The van der Waals surface area contributed by atoms with Crippen LogP contribution in [0.5, 0.6) is 0 Å². The number of hydrogen-bond acceptors (Lipinski definition) is 4. The van der Waals surface area contributed by atoms with Gasteiger partial charge in [0.25, 0.3) is 0 Å². The zero-order valence-corrected chi connectivity index (χ0v) is 28.5. The van der Waals surface area contributed by atoms with Gasteiger partial charge in [0.1, 0.15) is 16.8 Å². The molecule has 0 spiro atoms. The van der Waals surface area contributed by atoms with Crippen LogP contribution in [0.25, 0.3) is 104 Å². The van der Waals surface area contributed by atoms with E-state index in [9.17, 15) is 0 Å². The van der Waals surface area contributed by atoms with E-state index in [1.807, 2.05) is 23.5 Å². The molecule has 52 heavy (non-hydrogen) atoms. The van der Waals surface area contributed by atoms with Gasteiger partial charge < -0.3 is 8.82 Å². The zero-order chi connectivity index (χ0) is 33.7. The molecule has 13 rings (SSSR count). The van der Waals surface area contributed by atoms with Crippen LogP contribution in [0.3, 0.4) is 0 Å². The first-order valence-corrected chi connectivity index (χ1v) is 18.6. The smallest absolute Gasteiger partial charge is 0.236 e. The number of allylic oxidation sites excluding steroid dienone is 1. The summed E-state index contributed by atoms with van der Waals surface area (Å²) in [5.74, 6) is 0.649. The van der Waals surface area contributed by atoms with Gasteiger partial charge in [0.15, 0.2) is 5.58 Å². The van der Waals surface area contributed by atoms with E-state index < -0.39 is 0 Å². The number of thiophene rings is 1. The van der Waals surface area contributed by atoms with Crippen molar-refractivity contribution in [2.75, 3.05) is 0 Å². The Hall–Kier alpha value is -6.50. The molecule has 12 aromatic rings. The number of aromatic nitrogens is 4. The molecule has 0 unspecified atom stereocenters. The highest BCUT2D eigenvalue weighted by Crippen LogP contribution is 2.47. The van der Waals surface area contributed by atoms with Crippen LogP contribution in [-0.4, -0.2) is 18.9 Å². The molecule has 6 heteroatoms. The molecule has 5 nitrogen and oxygen atoms in total. The fraction of sp³-hybridized carbons (Fsp3) is 0.0435. The topological polar surface area (TPSA) is 48.3 Å². The van der Waals surface area contributed by atoms with Crippen LogP contribution < -0.4 is 0 Å². The summed E-state index contributed by atoms with van der Waals surface area (Å²) >= 11 is 1.85. The molecule has 0 amide bonds. The minimum absolute atomic E-state index is 0.649. The summed E-state index contributed by atoms with van der Waals surface area (Å²) in [6, 6.07) is 45.8. The molecule has 6 aromatic carbocycles. The number of para-hydroxylation sites is 4. The number of nitrogens with zero attached hydrogens (tertiary/aromatic N) is 4. The van der Waals surface area contributed by atoms with Gasteiger partial charge >= 0.3 is 0 Å². The fourth-order valence-electron chi connectivity index (χ4n) is 9.28. The SMILES string of the molecule is C1=C(c2nc(-n3c4ccccc4c4c5c6cccc7c8ccccc8n(c5ccc43)c76)nc3c2oc2ccccc23)c2sc3ccccc3c2CC1. The van der Waals surface area contributed by atoms with Crippen molar-refractivity contribution in [1.82, 2.24) is 18.9 Å². The van der Waals surface area contributed by atoms with Crippen molar-refractivity contribution in [3.05, 3.63) is 150 Å². The molecule has 0 atom stereocenters. The first-order valence-electron chi connectivity index (χ1n) is 17.8. The number of benzene rings is 6. The highest BCUT2D eigenvalue weighted by atomic mass is 32.1. The average Bonchev–Trinajstić information content (AvgIpc) is 4.00. The van der Waals surface area contributed by atoms with Crippen molar-refractivity contribution in [2.24, 2.45) is 0 Å². The summed E-state index contributed by atoms with van der Waals surface area (Å²) in [4.78, 5) is 12.2. The lowest BCUT2D eigenvalue weighted by molar-refractivity contribution is 0.663. The summed E-state index contributed by atoms with van der Waals surface area (Å²) < 4.78 is 12.7. The van der Waals surface area contributed by atoms with Gasteiger partial charge in [0.05, 0.1) is 27.6 Å². The number of hydrogen-bond donors (Lipinski definition) is 0. The second-order valence-corrected chi connectivity index (χ2v) is 15.0. The molecular formula is C46H26N4OS. The molecule has 0 bridgehead atoms. The quantitative estimate of drug-likeness (QED) is 0.182. The minimum Gasteiger partial charge on any atom is -0.452 e. The molecule has 0 fully saturated rings. The monoisotopic (exact) mass is 682 g/mol. The average molecular weight is 683 g/mol. The number of rotatable bonds is 2. The molecule has 1 aliphatic rings. The Morgan fingerprint density at radius 3 is 2.21 bits per heavy atom. The summed E-state index contributed by atoms with van der Waals surface area (Å²) in [5.41, 5.74) is 11.7. The molecule has 0 saturated carbocycles. The van der Waals surface area contributed by atoms with Gasteiger partial charge in [0, 0.05) is 52.9 Å². The molecule has 0 N–H and O–H groups in total. The predicted molar refractivity (Wildman–Crippen MR) is 216 cm³/mol. The van der Waals surface area contributed by atoms with Crippen LogP contribution in [0.15, 0.2) is 138 Å². The van der Waals surface area contributed by atoms with E-state index in [0.717, 1.165) is 57.2 Å². The van der Waals surface area contributed by atoms with E-state index in [0.29, 0.717) is 5.95 Å². The van der Waals surface area contributed by atoms with Crippen LogP contribution in [-0.2, 0) is 6.42 Å². The maximum absolute atomic E-state index is 6.65.